The number of aryl methyl sites for hydroxylation is 1. The fourth-order valence-electron chi connectivity index (χ4n) is 3.06. The fraction of sp³-hybridized carbons (Fsp3) is 0.421. The van der Waals surface area contributed by atoms with E-state index in [1.807, 2.05) is 19.1 Å². The van der Waals surface area contributed by atoms with E-state index in [1.165, 1.54) is 36.8 Å². The number of hydrogen-bond acceptors (Lipinski definition) is 2. The quantitative estimate of drug-likeness (QED) is 0.836. The lowest BCUT2D eigenvalue weighted by molar-refractivity contribution is -0.120. The minimum absolute atomic E-state index is 0.0692. The highest BCUT2D eigenvalue weighted by atomic mass is 16.3. The number of furan rings is 1. The third-order valence-corrected chi connectivity index (χ3v) is 4.32. The van der Waals surface area contributed by atoms with Crippen LogP contribution in [-0.4, -0.2) is 12.5 Å². The Bertz CT molecular complexity index is 697. The lowest BCUT2D eigenvalue weighted by Crippen LogP contribution is -2.26. The summed E-state index contributed by atoms with van der Waals surface area (Å²) in [6, 6.07) is 6.09. The van der Waals surface area contributed by atoms with E-state index in [1.54, 1.807) is 6.26 Å². The number of carbonyl (C=O) groups is 1. The van der Waals surface area contributed by atoms with Crippen molar-refractivity contribution in [1.29, 1.82) is 0 Å². The maximum absolute atomic E-state index is 12.1. The normalized spacial score (nSPS) is 14.9. The molecule has 0 fully saturated rings. The monoisotopic (exact) mass is 297 g/mol. The van der Waals surface area contributed by atoms with Gasteiger partial charge in [-0.3, -0.25) is 4.79 Å². The van der Waals surface area contributed by atoms with Crippen molar-refractivity contribution in [3.05, 3.63) is 47.2 Å². The SMILES string of the molecule is Cc1ccc2c(CC(=O)NCCC3=CCCCC3)coc2c1. The molecule has 0 radical (unpaired) electrons. The van der Waals surface area contributed by atoms with Gasteiger partial charge >= 0.3 is 0 Å². The second kappa shape index (κ2) is 6.82. The van der Waals surface area contributed by atoms with Gasteiger partial charge in [-0.1, -0.05) is 23.8 Å². The number of nitrogens with one attached hydrogen (secondary N) is 1. The van der Waals surface area contributed by atoms with Gasteiger partial charge in [0.2, 0.25) is 5.91 Å². The molecule has 0 saturated carbocycles. The molecule has 1 aliphatic rings. The van der Waals surface area contributed by atoms with Crippen LogP contribution in [0.5, 0.6) is 0 Å². The number of allylic oxidation sites excluding steroid dienone is 1. The van der Waals surface area contributed by atoms with Gasteiger partial charge in [-0.2, -0.15) is 0 Å². The zero-order valence-corrected chi connectivity index (χ0v) is 13.2. The molecule has 1 amide bonds. The molecule has 1 heterocycles. The first kappa shape index (κ1) is 14.9. The van der Waals surface area contributed by atoms with Crippen LogP contribution in [0.4, 0.5) is 0 Å². The van der Waals surface area contributed by atoms with E-state index in [-0.39, 0.29) is 5.91 Å². The summed E-state index contributed by atoms with van der Waals surface area (Å²) >= 11 is 0. The summed E-state index contributed by atoms with van der Waals surface area (Å²) < 4.78 is 5.54. The molecule has 0 aliphatic heterocycles. The Kier molecular flexibility index (Phi) is 4.62. The van der Waals surface area contributed by atoms with Crippen LogP contribution in [-0.2, 0) is 11.2 Å². The summed E-state index contributed by atoms with van der Waals surface area (Å²) in [7, 11) is 0. The van der Waals surface area contributed by atoms with Gasteiger partial charge in [-0.15, -0.1) is 0 Å². The summed E-state index contributed by atoms with van der Waals surface area (Å²) in [5, 5.41) is 4.06. The van der Waals surface area contributed by atoms with Gasteiger partial charge in [0.25, 0.3) is 0 Å². The number of fused-ring (bicyclic) bond motifs is 1. The maximum Gasteiger partial charge on any atom is 0.224 e. The highest BCUT2D eigenvalue weighted by molar-refractivity contribution is 5.87. The van der Waals surface area contributed by atoms with Crippen molar-refractivity contribution in [2.75, 3.05) is 6.54 Å². The van der Waals surface area contributed by atoms with Crippen molar-refractivity contribution in [3.63, 3.8) is 0 Å². The van der Waals surface area contributed by atoms with Gasteiger partial charge in [-0.05, 0) is 50.7 Å². The third-order valence-electron chi connectivity index (χ3n) is 4.32. The standard InChI is InChI=1S/C19H23NO2/c1-14-7-8-17-16(13-22-18(17)11-14)12-19(21)20-10-9-15-5-3-2-4-6-15/h5,7-8,11,13H,2-4,6,9-10,12H2,1H3,(H,20,21). The zero-order chi connectivity index (χ0) is 15.4. The van der Waals surface area contributed by atoms with Gasteiger partial charge in [0.05, 0.1) is 12.7 Å². The summed E-state index contributed by atoms with van der Waals surface area (Å²) in [4.78, 5) is 12.1. The molecule has 22 heavy (non-hydrogen) atoms. The van der Waals surface area contributed by atoms with E-state index in [4.69, 9.17) is 4.42 Å². The lowest BCUT2D eigenvalue weighted by Gasteiger charge is -2.12. The average Bonchev–Trinajstić information content (AvgIpc) is 2.90. The highest BCUT2D eigenvalue weighted by Crippen LogP contribution is 2.23. The van der Waals surface area contributed by atoms with Crippen molar-refractivity contribution >= 4 is 16.9 Å². The minimum Gasteiger partial charge on any atom is -0.464 e. The van der Waals surface area contributed by atoms with Crippen molar-refractivity contribution in [1.82, 2.24) is 5.32 Å². The number of amides is 1. The summed E-state index contributed by atoms with van der Waals surface area (Å²) in [5.41, 5.74) is 4.48. The fourth-order valence-corrected chi connectivity index (χ4v) is 3.06. The Labute approximate surface area is 131 Å². The van der Waals surface area contributed by atoms with Crippen molar-refractivity contribution in [3.8, 4) is 0 Å². The molecule has 0 saturated heterocycles. The molecule has 3 rings (SSSR count). The van der Waals surface area contributed by atoms with E-state index < -0.39 is 0 Å². The molecule has 1 N–H and O–H groups in total. The second-order valence-corrected chi connectivity index (χ2v) is 6.15. The average molecular weight is 297 g/mol. The smallest absolute Gasteiger partial charge is 0.224 e. The minimum atomic E-state index is 0.0692. The summed E-state index contributed by atoms with van der Waals surface area (Å²) in [6.07, 6.45) is 10.4. The number of hydrogen-bond donors (Lipinski definition) is 1. The first-order valence-corrected chi connectivity index (χ1v) is 8.14. The van der Waals surface area contributed by atoms with Crippen LogP contribution in [0.3, 0.4) is 0 Å². The van der Waals surface area contributed by atoms with Gasteiger partial charge in [0.15, 0.2) is 0 Å². The predicted molar refractivity (Wildman–Crippen MR) is 88.8 cm³/mol. The van der Waals surface area contributed by atoms with Gasteiger partial charge in [-0.25, -0.2) is 0 Å². The van der Waals surface area contributed by atoms with Crippen LogP contribution >= 0.6 is 0 Å². The highest BCUT2D eigenvalue weighted by Gasteiger charge is 2.11. The molecule has 0 spiro atoms. The van der Waals surface area contributed by atoms with E-state index >= 15 is 0 Å². The zero-order valence-electron chi connectivity index (χ0n) is 13.2. The second-order valence-electron chi connectivity index (χ2n) is 6.15. The molecule has 1 aromatic carbocycles. The molecular weight excluding hydrogens is 274 g/mol. The Balaban J connectivity index is 1.53. The van der Waals surface area contributed by atoms with Crippen LogP contribution < -0.4 is 5.32 Å². The van der Waals surface area contributed by atoms with Crippen LogP contribution in [0, 0.1) is 6.92 Å². The van der Waals surface area contributed by atoms with Crippen LogP contribution in [0.2, 0.25) is 0 Å². The number of benzene rings is 1. The lowest BCUT2D eigenvalue weighted by atomic mass is 9.97. The molecule has 1 aromatic heterocycles. The van der Waals surface area contributed by atoms with Crippen molar-refractivity contribution in [2.24, 2.45) is 0 Å². The van der Waals surface area contributed by atoms with E-state index in [0.717, 1.165) is 29.5 Å². The third kappa shape index (κ3) is 3.59. The number of carbonyl (C=O) groups excluding carboxylic acids is 1. The maximum atomic E-state index is 12.1. The topological polar surface area (TPSA) is 42.2 Å². The predicted octanol–water partition coefficient (Wildman–Crippen LogP) is 4.29. The van der Waals surface area contributed by atoms with Crippen LogP contribution in [0.1, 0.15) is 43.2 Å². The Hall–Kier alpha value is -2.03. The largest absolute Gasteiger partial charge is 0.464 e. The van der Waals surface area contributed by atoms with Gasteiger partial charge in [0, 0.05) is 17.5 Å². The molecule has 3 heteroatoms. The Morgan fingerprint density at radius 3 is 3.05 bits per heavy atom. The summed E-state index contributed by atoms with van der Waals surface area (Å²) in [5.74, 6) is 0.0692. The molecule has 116 valence electrons. The molecule has 0 atom stereocenters. The molecule has 1 aliphatic carbocycles. The van der Waals surface area contributed by atoms with Gasteiger partial charge < -0.3 is 9.73 Å². The Morgan fingerprint density at radius 1 is 1.32 bits per heavy atom. The molecule has 0 bridgehead atoms. The summed E-state index contributed by atoms with van der Waals surface area (Å²) in [6.45, 7) is 2.77. The van der Waals surface area contributed by atoms with Crippen molar-refractivity contribution in [2.45, 2.75) is 45.4 Å². The molecule has 3 nitrogen and oxygen atoms in total. The van der Waals surface area contributed by atoms with Crippen LogP contribution in [0.25, 0.3) is 11.0 Å². The van der Waals surface area contributed by atoms with E-state index in [0.29, 0.717) is 6.42 Å². The van der Waals surface area contributed by atoms with Crippen molar-refractivity contribution < 1.29 is 9.21 Å². The molecular formula is C19H23NO2. The van der Waals surface area contributed by atoms with Crippen LogP contribution in [0.15, 0.2) is 40.5 Å². The first-order valence-electron chi connectivity index (χ1n) is 8.14. The molecule has 0 unspecified atom stereocenters. The van der Waals surface area contributed by atoms with E-state index in [9.17, 15) is 4.79 Å². The van der Waals surface area contributed by atoms with E-state index in [2.05, 4.69) is 17.5 Å². The van der Waals surface area contributed by atoms with Gasteiger partial charge in [0.1, 0.15) is 5.58 Å². The Morgan fingerprint density at radius 2 is 2.23 bits per heavy atom. The number of rotatable bonds is 5. The first-order chi connectivity index (χ1) is 10.7. The molecule has 2 aromatic rings.